The number of phenols is 1. The summed E-state index contributed by atoms with van der Waals surface area (Å²) in [6, 6.07) is 16.8. The Morgan fingerprint density at radius 3 is 2.06 bits per heavy atom. The lowest BCUT2D eigenvalue weighted by Crippen LogP contribution is -2.42. The maximum atomic E-state index is 12.7. The third-order valence-corrected chi connectivity index (χ3v) is 5.88. The van der Waals surface area contributed by atoms with Crippen molar-refractivity contribution in [3.05, 3.63) is 89.0 Å². The Kier molecular flexibility index (Phi) is 6.26. The van der Waals surface area contributed by atoms with Crippen molar-refractivity contribution in [2.24, 2.45) is 0 Å². The molecule has 3 aromatic carbocycles. The van der Waals surface area contributed by atoms with E-state index in [4.69, 9.17) is 0 Å². The third kappa shape index (κ3) is 5.20. The van der Waals surface area contributed by atoms with E-state index in [1.807, 2.05) is 6.92 Å². The molecule has 3 aromatic rings. The number of carbonyl (C=O) groups is 2. The van der Waals surface area contributed by atoms with Gasteiger partial charge in [0.1, 0.15) is 5.75 Å². The van der Waals surface area contributed by atoms with Gasteiger partial charge in [-0.3, -0.25) is 25.2 Å². The van der Waals surface area contributed by atoms with Crippen molar-refractivity contribution < 1.29 is 23.1 Å². The lowest BCUT2D eigenvalue weighted by Gasteiger charge is -2.13. The summed E-state index contributed by atoms with van der Waals surface area (Å²) in [7, 11) is -3.93. The van der Waals surface area contributed by atoms with E-state index in [0.717, 1.165) is 5.56 Å². The fourth-order valence-electron chi connectivity index (χ4n) is 2.76. The third-order valence-electron chi connectivity index (χ3n) is 4.51. The minimum absolute atomic E-state index is 0.0156. The van der Waals surface area contributed by atoms with Crippen LogP contribution in [-0.2, 0) is 10.0 Å². The molecular weight excluding hydrogens is 418 g/mol. The number of anilines is 1. The second-order valence-corrected chi connectivity index (χ2v) is 8.56. The number of aromatic hydroxyl groups is 1. The summed E-state index contributed by atoms with van der Waals surface area (Å²) in [6.45, 7) is 3.53. The Morgan fingerprint density at radius 1 is 0.806 bits per heavy atom. The van der Waals surface area contributed by atoms with Crippen LogP contribution in [0.25, 0.3) is 0 Å². The fourth-order valence-corrected chi connectivity index (χ4v) is 3.85. The molecule has 3 rings (SSSR count). The maximum absolute atomic E-state index is 12.7. The zero-order valence-electron chi connectivity index (χ0n) is 16.8. The number of sulfonamides is 1. The molecule has 0 heterocycles. The number of para-hydroxylation sites is 1. The molecule has 160 valence electrons. The molecular formula is C22H21N3O5S. The Morgan fingerprint density at radius 2 is 1.42 bits per heavy atom. The molecule has 0 unspecified atom stereocenters. The highest BCUT2D eigenvalue weighted by Crippen LogP contribution is 2.20. The molecule has 9 heteroatoms. The van der Waals surface area contributed by atoms with Crippen molar-refractivity contribution in [1.29, 1.82) is 0 Å². The van der Waals surface area contributed by atoms with Crippen LogP contribution in [0, 0.1) is 13.8 Å². The first-order valence-corrected chi connectivity index (χ1v) is 10.7. The number of hydrazine groups is 1. The number of benzene rings is 3. The van der Waals surface area contributed by atoms with E-state index in [1.54, 1.807) is 43.3 Å². The smallest absolute Gasteiger partial charge is 0.273 e. The highest BCUT2D eigenvalue weighted by Gasteiger charge is 2.19. The molecule has 0 aromatic heterocycles. The lowest BCUT2D eigenvalue weighted by atomic mass is 10.1. The van der Waals surface area contributed by atoms with Crippen molar-refractivity contribution >= 4 is 27.5 Å². The van der Waals surface area contributed by atoms with E-state index >= 15 is 0 Å². The van der Waals surface area contributed by atoms with E-state index in [9.17, 15) is 23.1 Å². The molecule has 0 bridgehead atoms. The molecule has 31 heavy (non-hydrogen) atoms. The molecule has 0 aliphatic heterocycles. The van der Waals surface area contributed by atoms with Crippen LogP contribution in [0.15, 0.2) is 71.6 Å². The predicted molar refractivity (Wildman–Crippen MR) is 116 cm³/mol. The first-order chi connectivity index (χ1) is 14.7. The van der Waals surface area contributed by atoms with Crippen molar-refractivity contribution in [2.75, 3.05) is 4.72 Å². The van der Waals surface area contributed by atoms with Crippen LogP contribution in [-0.4, -0.2) is 25.3 Å². The van der Waals surface area contributed by atoms with Gasteiger partial charge in [-0.05, 0) is 55.8 Å². The molecule has 2 amide bonds. The van der Waals surface area contributed by atoms with Crippen LogP contribution in [0.1, 0.15) is 31.8 Å². The summed E-state index contributed by atoms with van der Waals surface area (Å²) in [5, 5.41) is 9.72. The summed E-state index contributed by atoms with van der Waals surface area (Å²) in [4.78, 5) is 24.6. The molecule has 0 saturated heterocycles. The first kappa shape index (κ1) is 21.8. The van der Waals surface area contributed by atoms with Crippen LogP contribution in [0.5, 0.6) is 5.75 Å². The Balaban J connectivity index is 1.77. The number of hydrogen-bond acceptors (Lipinski definition) is 5. The predicted octanol–water partition coefficient (Wildman–Crippen LogP) is 2.88. The van der Waals surface area contributed by atoms with Gasteiger partial charge in [0.15, 0.2) is 0 Å². The Hall–Kier alpha value is -3.85. The zero-order chi connectivity index (χ0) is 22.6. The van der Waals surface area contributed by atoms with Gasteiger partial charge >= 0.3 is 0 Å². The molecule has 4 N–H and O–H groups in total. The fraction of sp³-hybridized carbons (Fsp3) is 0.0909. The second kappa shape index (κ2) is 8.88. The van der Waals surface area contributed by atoms with Gasteiger partial charge in [-0.25, -0.2) is 8.42 Å². The lowest BCUT2D eigenvalue weighted by molar-refractivity contribution is 0.0844. The van der Waals surface area contributed by atoms with Crippen LogP contribution in [0.4, 0.5) is 5.69 Å². The summed E-state index contributed by atoms with van der Waals surface area (Å²) in [5.41, 5.74) is 6.40. The van der Waals surface area contributed by atoms with Crippen LogP contribution in [0.2, 0.25) is 0 Å². The van der Waals surface area contributed by atoms with E-state index in [1.165, 1.54) is 30.3 Å². The maximum Gasteiger partial charge on any atom is 0.273 e. The largest absolute Gasteiger partial charge is 0.507 e. The molecule has 0 saturated carbocycles. The van der Waals surface area contributed by atoms with E-state index in [2.05, 4.69) is 15.6 Å². The van der Waals surface area contributed by atoms with Gasteiger partial charge in [0.05, 0.1) is 10.5 Å². The van der Waals surface area contributed by atoms with Gasteiger partial charge in [-0.15, -0.1) is 0 Å². The average Bonchev–Trinajstić information content (AvgIpc) is 2.73. The topological polar surface area (TPSA) is 125 Å². The minimum Gasteiger partial charge on any atom is -0.507 e. The highest BCUT2D eigenvalue weighted by atomic mass is 32.2. The quantitative estimate of drug-likeness (QED) is 0.455. The number of nitrogens with one attached hydrogen (secondary N) is 3. The average molecular weight is 439 g/mol. The molecule has 0 aliphatic carbocycles. The van der Waals surface area contributed by atoms with Crippen LogP contribution in [0.3, 0.4) is 0 Å². The van der Waals surface area contributed by atoms with Gasteiger partial charge in [0, 0.05) is 11.3 Å². The van der Waals surface area contributed by atoms with Crippen molar-refractivity contribution in [2.45, 2.75) is 18.7 Å². The van der Waals surface area contributed by atoms with E-state index in [0.29, 0.717) is 11.3 Å². The molecule has 0 spiro atoms. The molecule has 8 nitrogen and oxygen atoms in total. The number of aryl methyl sites for hydroxylation is 2. The van der Waals surface area contributed by atoms with Gasteiger partial charge < -0.3 is 5.11 Å². The van der Waals surface area contributed by atoms with Crippen LogP contribution >= 0.6 is 0 Å². The molecule has 0 atom stereocenters. The number of carbonyl (C=O) groups excluding carboxylic acids is 2. The van der Waals surface area contributed by atoms with Gasteiger partial charge in [0.25, 0.3) is 21.8 Å². The zero-order valence-corrected chi connectivity index (χ0v) is 17.7. The standard InChI is InChI=1S/C22H21N3O5S/c1-14-7-10-16(11-8-14)25-31(29,30)17-12-9-15(2)19(13-17)22(28)24-23-21(27)18-5-3-4-6-20(18)26/h3-13,25-26H,1-2H3,(H,23,27)(H,24,28). The van der Waals surface area contributed by atoms with Gasteiger partial charge in [-0.2, -0.15) is 0 Å². The number of hydrogen-bond donors (Lipinski definition) is 4. The number of amides is 2. The normalized spacial score (nSPS) is 10.9. The monoisotopic (exact) mass is 439 g/mol. The summed E-state index contributed by atoms with van der Waals surface area (Å²) in [5.74, 6) is -1.65. The van der Waals surface area contributed by atoms with Gasteiger partial charge in [0.2, 0.25) is 0 Å². The minimum atomic E-state index is -3.93. The molecule has 0 radical (unpaired) electrons. The van der Waals surface area contributed by atoms with Crippen molar-refractivity contribution in [3.8, 4) is 5.75 Å². The first-order valence-electron chi connectivity index (χ1n) is 9.26. The van der Waals surface area contributed by atoms with Crippen molar-refractivity contribution in [3.63, 3.8) is 0 Å². The molecule has 0 aliphatic rings. The SMILES string of the molecule is Cc1ccc(NS(=O)(=O)c2ccc(C)c(C(=O)NNC(=O)c3ccccc3O)c2)cc1. The number of phenolic OH excluding ortho intramolecular Hbond substituents is 1. The summed E-state index contributed by atoms with van der Waals surface area (Å²) >= 11 is 0. The number of rotatable bonds is 5. The summed E-state index contributed by atoms with van der Waals surface area (Å²) in [6.07, 6.45) is 0. The van der Waals surface area contributed by atoms with E-state index < -0.39 is 21.8 Å². The molecule has 0 fully saturated rings. The Labute approximate surface area is 180 Å². The summed E-state index contributed by atoms with van der Waals surface area (Å²) < 4.78 is 27.9. The van der Waals surface area contributed by atoms with E-state index in [-0.39, 0.29) is 21.8 Å². The van der Waals surface area contributed by atoms with Crippen molar-refractivity contribution in [1.82, 2.24) is 10.9 Å². The second-order valence-electron chi connectivity index (χ2n) is 6.87. The Bertz CT molecular complexity index is 1240. The van der Waals surface area contributed by atoms with Gasteiger partial charge in [-0.1, -0.05) is 35.9 Å². The highest BCUT2D eigenvalue weighted by molar-refractivity contribution is 7.92. The van der Waals surface area contributed by atoms with Crippen LogP contribution < -0.4 is 15.6 Å².